The molecule has 1 aromatic rings. The zero-order chi connectivity index (χ0) is 16.4. The van der Waals surface area contributed by atoms with Gasteiger partial charge in [0, 0.05) is 0 Å². The van der Waals surface area contributed by atoms with Crippen molar-refractivity contribution < 1.29 is 19.1 Å². The summed E-state index contributed by atoms with van der Waals surface area (Å²) in [5.41, 5.74) is -2.13. The first-order valence-electron chi connectivity index (χ1n) is 6.25. The summed E-state index contributed by atoms with van der Waals surface area (Å²) in [6, 6.07) is 2.90. The molecule has 0 saturated heterocycles. The van der Waals surface area contributed by atoms with Crippen LogP contribution in [0.1, 0.15) is 27.7 Å². The first kappa shape index (κ1) is 17.2. The third kappa shape index (κ3) is 3.85. The largest absolute Gasteiger partial charge is 0.481 e. The number of nitrogens with one attached hydrogen (secondary N) is 2. The summed E-state index contributed by atoms with van der Waals surface area (Å²) in [4.78, 5) is 23.2. The average molecular weight is 317 g/mol. The lowest BCUT2D eigenvalue weighted by Crippen LogP contribution is -2.57. The molecule has 0 bridgehead atoms. The van der Waals surface area contributed by atoms with E-state index in [1.165, 1.54) is 26.0 Å². The third-order valence-corrected chi connectivity index (χ3v) is 4.03. The Morgan fingerprint density at radius 3 is 2.33 bits per heavy atom. The van der Waals surface area contributed by atoms with Gasteiger partial charge in [-0.15, -0.1) is 0 Å². The van der Waals surface area contributed by atoms with Gasteiger partial charge in [-0.05, 0) is 45.9 Å². The van der Waals surface area contributed by atoms with Gasteiger partial charge in [0.15, 0.2) is 0 Å². The van der Waals surface area contributed by atoms with Crippen molar-refractivity contribution in [3.8, 4) is 0 Å². The van der Waals surface area contributed by atoms with Crippen LogP contribution < -0.4 is 10.6 Å². The second kappa shape index (κ2) is 5.89. The van der Waals surface area contributed by atoms with Crippen LogP contribution in [0.2, 0.25) is 5.02 Å². The van der Waals surface area contributed by atoms with E-state index >= 15 is 0 Å². The summed E-state index contributed by atoms with van der Waals surface area (Å²) >= 11 is 5.85. The molecule has 3 N–H and O–H groups in total. The Balaban J connectivity index is 2.87. The molecule has 7 heteroatoms. The number of amides is 2. The Morgan fingerprint density at radius 1 is 1.24 bits per heavy atom. The lowest BCUT2D eigenvalue weighted by Gasteiger charge is -2.38. The topological polar surface area (TPSA) is 78.4 Å². The molecule has 0 heterocycles. The SMILES string of the molecule is CC(C)(NC(=O)Nc1cc(F)ccc1Cl)C(C)(C)C(=O)O. The van der Waals surface area contributed by atoms with Crippen molar-refractivity contribution in [1.29, 1.82) is 0 Å². The van der Waals surface area contributed by atoms with Crippen LogP contribution in [0.3, 0.4) is 0 Å². The molecule has 2 amide bonds. The average Bonchev–Trinajstić information content (AvgIpc) is 2.32. The number of anilines is 1. The number of hydrogen-bond donors (Lipinski definition) is 3. The summed E-state index contributed by atoms with van der Waals surface area (Å²) < 4.78 is 13.1. The van der Waals surface area contributed by atoms with Crippen LogP contribution >= 0.6 is 11.6 Å². The van der Waals surface area contributed by atoms with E-state index in [0.29, 0.717) is 0 Å². The minimum Gasteiger partial charge on any atom is -0.481 e. The Kier molecular flexibility index (Phi) is 4.83. The van der Waals surface area contributed by atoms with Crippen LogP contribution in [-0.2, 0) is 4.79 Å². The van der Waals surface area contributed by atoms with Gasteiger partial charge in [-0.2, -0.15) is 0 Å². The highest BCUT2D eigenvalue weighted by Crippen LogP contribution is 2.31. The molecule has 0 atom stereocenters. The number of halogens is 2. The Labute approximate surface area is 127 Å². The van der Waals surface area contributed by atoms with Crippen molar-refractivity contribution in [3.63, 3.8) is 0 Å². The second-order valence-corrected chi connectivity index (χ2v) is 6.17. The number of benzene rings is 1. The fourth-order valence-electron chi connectivity index (χ4n) is 1.45. The fourth-order valence-corrected chi connectivity index (χ4v) is 1.62. The second-order valence-electron chi connectivity index (χ2n) is 5.76. The van der Waals surface area contributed by atoms with Crippen LogP contribution in [-0.4, -0.2) is 22.6 Å². The maximum absolute atomic E-state index is 13.1. The van der Waals surface area contributed by atoms with E-state index in [-0.39, 0.29) is 10.7 Å². The molecule has 0 fully saturated rings. The van der Waals surface area contributed by atoms with Gasteiger partial charge in [-0.25, -0.2) is 9.18 Å². The molecule has 1 aromatic carbocycles. The molecule has 0 aliphatic heterocycles. The smallest absolute Gasteiger partial charge is 0.319 e. The molecule has 0 aliphatic carbocycles. The molecule has 0 radical (unpaired) electrons. The zero-order valence-corrected chi connectivity index (χ0v) is 13.0. The lowest BCUT2D eigenvalue weighted by atomic mass is 9.74. The molecule has 0 aromatic heterocycles. The maximum Gasteiger partial charge on any atom is 0.319 e. The molecule has 5 nitrogen and oxygen atoms in total. The molecule has 116 valence electrons. The first-order valence-corrected chi connectivity index (χ1v) is 6.63. The maximum atomic E-state index is 13.1. The van der Waals surface area contributed by atoms with E-state index in [0.717, 1.165) is 6.07 Å². The number of carbonyl (C=O) groups excluding carboxylic acids is 1. The molecular formula is C14H18ClFN2O3. The van der Waals surface area contributed by atoms with Gasteiger partial charge in [0.2, 0.25) is 0 Å². The monoisotopic (exact) mass is 316 g/mol. The van der Waals surface area contributed by atoms with E-state index in [4.69, 9.17) is 11.6 Å². The van der Waals surface area contributed by atoms with Crippen molar-refractivity contribution in [1.82, 2.24) is 5.32 Å². The molecule has 21 heavy (non-hydrogen) atoms. The van der Waals surface area contributed by atoms with E-state index in [9.17, 15) is 19.1 Å². The van der Waals surface area contributed by atoms with Crippen LogP contribution in [0.25, 0.3) is 0 Å². The lowest BCUT2D eigenvalue weighted by molar-refractivity contribution is -0.150. The quantitative estimate of drug-likeness (QED) is 0.795. The highest BCUT2D eigenvalue weighted by molar-refractivity contribution is 6.33. The van der Waals surface area contributed by atoms with Crippen molar-refractivity contribution in [2.75, 3.05) is 5.32 Å². The minimum absolute atomic E-state index is 0.109. The highest BCUT2D eigenvalue weighted by atomic mass is 35.5. The summed E-state index contributed by atoms with van der Waals surface area (Å²) in [7, 11) is 0. The number of carboxylic acid groups (broad SMARTS) is 1. The van der Waals surface area contributed by atoms with Crippen molar-refractivity contribution in [2.45, 2.75) is 33.2 Å². The van der Waals surface area contributed by atoms with E-state index in [1.54, 1.807) is 13.8 Å². The number of carbonyl (C=O) groups is 2. The number of rotatable bonds is 4. The normalized spacial score (nSPS) is 11.9. The van der Waals surface area contributed by atoms with Crippen molar-refractivity contribution >= 4 is 29.3 Å². The Bertz CT molecular complexity index is 573. The first-order chi connectivity index (χ1) is 9.47. The minimum atomic E-state index is -1.20. The van der Waals surface area contributed by atoms with Crippen molar-refractivity contribution in [3.05, 3.63) is 29.0 Å². The molecule has 0 aliphatic rings. The van der Waals surface area contributed by atoms with Gasteiger partial charge in [0.25, 0.3) is 0 Å². The number of hydrogen-bond acceptors (Lipinski definition) is 2. The van der Waals surface area contributed by atoms with E-state index in [2.05, 4.69) is 10.6 Å². The highest BCUT2D eigenvalue weighted by Gasteiger charge is 2.44. The Morgan fingerprint density at radius 2 is 1.81 bits per heavy atom. The molecule has 0 saturated carbocycles. The Hall–Kier alpha value is -1.82. The number of carboxylic acids is 1. The van der Waals surface area contributed by atoms with E-state index in [1.807, 2.05) is 0 Å². The summed E-state index contributed by atoms with van der Waals surface area (Å²) in [6.07, 6.45) is 0. The van der Waals surface area contributed by atoms with Crippen molar-refractivity contribution in [2.24, 2.45) is 5.41 Å². The standard InChI is InChI=1S/C14H18ClFN2O3/c1-13(2,11(19)20)14(3,4)18-12(21)17-10-7-8(16)5-6-9(10)15/h5-7H,1-4H3,(H,19,20)(H2,17,18,21). The molecule has 1 rings (SSSR count). The summed E-state index contributed by atoms with van der Waals surface area (Å²) in [6.45, 7) is 6.19. The molecule has 0 spiro atoms. The molecule has 0 unspecified atom stereocenters. The third-order valence-electron chi connectivity index (χ3n) is 3.70. The summed E-state index contributed by atoms with van der Waals surface area (Å²) in [5.74, 6) is -1.59. The van der Waals surface area contributed by atoms with Gasteiger partial charge in [-0.3, -0.25) is 4.79 Å². The van der Waals surface area contributed by atoms with Crippen LogP contribution in [0, 0.1) is 11.2 Å². The number of urea groups is 1. The summed E-state index contributed by atoms with van der Waals surface area (Å²) in [5, 5.41) is 14.4. The predicted octanol–water partition coefficient (Wildman–Crippen LogP) is 3.49. The van der Waals surface area contributed by atoms with Crippen LogP contribution in [0.5, 0.6) is 0 Å². The van der Waals surface area contributed by atoms with Gasteiger partial charge < -0.3 is 15.7 Å². The predicted molar refractivity (Wildman–Crippen MR) is 79.1 cm³/mol. The molecular weight excluding hydrogens is 299 g/mol. The number of aliphatic carboxylic acids is 1. The van der Waals surface area contributed by atoms with Gasteiger partial charge in [-0.1, -0.05) is 11.6 Å². The zero-order valence-electron chi connectivity index (χ0n) is 12.3. The van der Waals surface area contributed by atoms with Crippen LogP contribution in [0.4, 0.5) is 14.9 Å². The van der Waals surface area contributed by atoms with Gasteiger partial charge in [0.1, 0.15) is 5.82 Å². The van der Waals surface area contributed by atoms with E-state index < -0.39 is 28.8 Å². The van der Waals surface area contributed by atoms with Gasteiger partial charge in [0.05, 0.1) is 21.7 Å². The van der Waals surface area contributed by atoms with Crippen LogP contribution in [0.15, 0.2) is 18.2 Å². The fraction of sp³-hybridized carbons (Fsp3) is 0.429. The van der Waals surface area contributed by atoms with Gasteiger partial charge >= 0.3 is 12.0 Å².